The summed E-state index contributed by atoms with van der Waals surface area (Å²) in [5.74, 6) is 0. The highest BCUT2D eigenvalue weighted by Gasteiger charge is 2.78. The molecule has 2 rings (SSSR count). The van der Waals surface area contributed by atoms with Gasteiger partial charge in [0, 0.05) is 16.8 Å². The summed E-state index contributed by atoms with van der Waals surface area (Å²) in [6.07, 6.45) is 0. The third kappa shape index (κ3) is 2.87. The molecule has 30 heavy (non-hydrogen) atoms. The van der Waals surface area contributed by atoms with Crippen molar-refractivity contribution in [3.63, 3.8) is 0 Å². The molecule has 0 spiro atoms. The molecule has 0 saturated carbocycles. The van der Waals surface area contributed by atoms with Crippen LogP contribution in [0.5, 0.6) is 0 Å². The van der Waals surface area contributed by atoms with E-state index in [-0.39, 0.29) is 15.3 Å². The minimum Gasteiger partial charge on any atom is -0.258 e. The summed E-state index contributed by atoms with van der Waals surface area (Å²) in [7, 11) is -3.98. The molecule has 0 saturated heterocycles. The number of hydrogen-bond acceptors (Lipinski definition) is 2. The van der Waals surface area contributed by atoms with E-state index in [1.54, 1.807) is 6.07 Å². The number of nitro groups is 1. The van der Waals surface area contributed by atoms with Crippen molar-refractivity contribution in [1.82, 2.24) is 0 Å². The lowest BCUT2D eigenvalue weighted by Gasteiger charge is -2.61. The molecule has 170 valence electrons. The summed E-state index contributed by atoms with van der Waals surface area (Å²) in [5, 5.41) is 11.7. The highest BCUT2D eigenvalue weighted by atomic mass is 28.4. The molecule has 0 radical (unpaired) electrons. The Morgan fingerprint density at radius 3 is 1.27 bits per heavy atom. The number of non-ortho nitro benzene ring substituents is 1. The molecule has 0 unspecified atom stereocenters. The first-order valence-electron chi connectivity index (χ1n) is 12.0. The molecule has 0 amide bonds. The van der Waals surface area contributed by atoms with Crippen LogP contribution in [-0.4, -0.2) is 21.1 Å². The minimum atomic E-state index is -1.99. The van der Waals surface area contributed by atoms with Crippen LogP contribution in [0.4, 0.5) is 5.69 Å². The van der Waals surface area contributed by atoms with Crippen LogP contribution >= 0.6 is 0 Å². The Bertz CT molecular complexity index is 721. The molecule has 0 fully saturated rings. The van der Waals surface area contributed by atoms with Crippen molar-refractivity contribution in [2.24, 2.45) is 0 Å². The first kappa shape index (κ1) is 25.3. The van der Waals surface area contributed by atoms with E-state index in [1.165, 1.54) is 11.1 Å². The maximum Gasteiger partial charge on any atom is 0.269 e. The van der Waals surface area contributed by atoms with E-state index in [4.69, 9.17) is 0 Å². The maximum atomic E-state index is 11.7. The average molecular weight is 448 g/mol. The second-order valence-electron chi connectivity index (χ2n) is 11.5. The second kappa shape index (κ2) is 8.20. The van der Waals surface area contributed by atoms with Crippen LogP contribution in [0.3, 0.4) is 0 Å². The fourth-order valence-electron chi connectivity index (χ4n) is 9.11. The van der Waals surface area contributed by atoms with Gasteiger partial charge >= 0.3 is 0 Å². The number of hydrogen-bond donors (Lipinski definition) is 0. The zero-order valence-corrected chi connectivity index (χ0v) is 23.5. The van der Waals surface area contributed by atoms with Crippen LogP contribution in [0.25, 0.3) is 0 Å². The van der Waals surface area contributed by atoms with Crippen molar-refractivity contribution in [1.29, 1.82) is 0 Å². The van der Waals surface area contributed by atoms with E-state index >= 15 is 0 Å². The van der Waals surface area contributed by atoms with Gasteiger partial charge in [0.05, 0.1) is 21.1 Å². The summed E-state index contributed by atoms with van der Waals surface area (Å²) in [4.78, 5) is 11.5. The largest absolute Gasteiger partial charge is 0.269 e. The molecule has 1 aliphatic carbocycles. The molecule has 5 heteroatoms. The molecular weight excluding hydrogens is 402 g/mol. The number of nitro benzene ring substituents is 1. The quantitative estimate of drug-likeness (QED) is 0.216. The maximum absolute atomic E-state index is 11.7. The van der Waals surface area contributed by atoms with Crippen LogP contribution < -0.4 is 0 Å². The molecule has 0 heterocycles. The van der Waals surface area contributed by atoms with Crippen molar-refractivity contribution in [3.8, 4) is 0 Å². The summed E-state index contributed by atoms with van der Waals surface area (Å²) < 4.78 is 0.112. The van der Waals surface area contributed by atoms with Crippen LogP contribution in [0.2, 0.25) is 33.2 Å². The zero-order chi connectivity index (χ0) is 23.4. The van der Waals surface area contributed by atoms with Crippen molar-refractivity contribution < 1.29 is 4.92 Å². The smallest absolute Gasteiger partial charge is 0.258 e. The summed E-state index contributed by atoms with van der Waals surface area (Å²) >= 11 is 0. The molecule has 0 N–H and O–H groups in total. The number of fused-ring (bicyclic) bond motifs is 1. The summed E-state index contributed by atoms with van der Waals surface area (Å²) in [5.41, 5.74) is 6.83. The first-order valence-corrected chi connectivity index (χ1v) is 16.5. The molecule has 1 aliphatic rings. The van der Waals surface area contributed by atoms with Gasteiger partial charge in [-0.3, -0.25) is 10.1 Å². The Labute approximate surface area is 187 Å². The van der Waals surface area contributed by atoms with Gasteiger partial charge in [0.25, 0.3) is 5.69 Å². The Balaban J connectivity index is 3.11. The third-order valence-corrected chi connectivity index (χ3v) is 26.7. The standard InChI is InChI=1S/C25H45NO2Si2/c1-16(2)29(17(3)4,18(5)6)25(30(19(7)8,20(9)10)21(11)12)23-14-13-22(26(27)28)15-24(23)25/h13-21H,1-12H3. The molecule has 0 atom stereocenters. The summed E-state index contributed by atoms with van der Waals surface area (Å²) in [6, 6.07) is 5.93. The van der Waals surface area contributed by atoms with Gasteiger partial charge in [-0.2, -0.15) is 0 Å². The SMILES string of the molecule is CC(C)[Si](C(C)C)(C(C)C)C1([Si](C(C)C)(C(C)C)C(C)C)c2ccc([N+](=O)[O-])cc21. The van der Waals surface area contributed by atoms with Crippen molar-refractivity contribution in [3.05, 3.63) is 39.4 Å². The molecule has 1 aromatic carbocycles. The van der Waals surface area contributed by atoms with Crippen LogP contribution in [0, 0.1) is 10.1 Å². The van der Waals surface area contributed by atoms with Crippen LogP contribution in [-0.2, 0) is 4.66 Å². The second-order valence-corrected chi connectivity index (χ2v) is 24.2. The van der Waals surface area contributed by atoms with Crippen molar-refractivity contribution in [2.45, 2.75) is 121 Å². The highest BCUT2D eigenvalue weighted by Crippen LogP contribution is 2.74. The first-order chi connectivity index (χ1) is 13.7. The van der Waals surface area contributed by atoms with Crippen LogP contribution in [0.1, 0.15) is 94.2 Å². The highest BCUT2D eigenvalue weighted by molar-refractivity contribution is 7.07. The lowest BCUT2D eigenvalue weighted by molar-refractivity contribution is -0.384. The molecule has 3 nitrogen and oxygen atoms in total. The number of nitrogens with zero attached hydrogens (tertiary/aromatic N) is 1. The lowest BCUT2D eigenvalue weighted by Crippen LogP contribution is -2.71. The van der Waals surface area contributed by atoms with Crippen molar-refractivity contribution >= 4 is 21.8 Å². The molecule has 0 bridgehead atoms. The van der Waals surface area contributed by atoms with Gasteiger partial charge in [-0.15, -0.1) is 0 Å². The van der Waals surface area contributed by atoms with Gasteiger partial charge < -0.3 is 0 Å². The number of benzene rings is 1. The van der Waals surface area contributed by atoms with Gasteiger partial charge in [0.15, 0.2) is 0 Å². The Hall–Kier alpha value is -0.946. The fraction of sp³-hybridized carbons (Fsp3) is 0.760. The predicted octanol–water partition coefficient (Wildman–Crippen LogP) is 8.63. The number of rotatable bonds is 9. The Morgan fingerprint density at radius 1 is 0.667 bits per heavy atom. The minimum absolute atomic E-state index is 0.112. The molecule has 0 aromatic heterocycles. The van der Waals surface area contributed by atoms with Gasteiger partial charge in [0.1, 0.15) is 0 Å². The van der Waals surface area contributed by atoms with Gasteiger partial charge in [-0.25, -0.2) is 0 Å². The fourth-order valence-corrected chi connectivity index (χ4v) is 33.1. The summed E-state index contributed by atoms with van der Waals surface area (Å²) in [6.45, 7) is 29.5. The Kier molecular flexibility index (Phi) is 6.92. The van der Waals surface area contributed by atoms with E-state index in [0.29, 0.717) is 33.2 Å². The van der Waals surface area contributed by atoms with E-state index < -0.39 is 16.1 Å². The molecule has 0 aliphatic heterocycles. The topological polar surface area (TPSA) is 43.1 Å². The third-order valence-electron chi connectivity index (χ3n) is 8.99. The Morgan fingerprint density at radius 2 is 1.00 bits per heavy atom. The van der Waals surface area contributed by atoms with E-state index in [9.17, 15) is 10.1 Å². The monoisotopic (exact) mass is 447 g/mol. The van der Waals surface area contributed by atoms with E-state index in [0.717, 1.165) is 0 Å². The molecule has 1 aromatic rings. The van der Waals surface area contributed by atoms with E-state index in [1.807, 2.05) is 6.07 Å². The van der Waals surface area contributed by atoms with E-state index in [2.05, 4.69) is 89.2 Å². The normalized spacial score (nSPS) is 16.3. The zero-order valence-electron chi connectivity index (χ0n) is 21.5. The van der Waals surface area contributed by atoms with Crippen molar-refractivity contribution in [2.75, 3.05) is 0 Å². The van der Waals surface area contributed by atoms with Crippen LogP contribution in [0.15, 0.2) is 18.2 Å². The average Bonchev–Trinajstić information content (AvgIpc) is 3.22. The van der Waals surface area contributed by atoms with Gasteiger partial charge in [-0.05, 0) is 44.4 Å². The molecular formula is C25H45NO2Si2. The van der Waals surface area contributed by atoms with Gasteiger partial charge in [0.2, 0.25) is 0 Å². The van der Waals surface area contributed by atoms with Gasteiger partial charge in [-0.1, -0.05) is 89.2 Å². The predicted molar refractivity (Wildman–Crippen MR) is 136 cm³/mol. The lowest BCUT2D eigenvalue weighted by atomic mass is 10.3.